The lowest BCUT2D eigenvalue weighted by Gasteiger charge is -1.98. The molecule has 1 saturated heterocycles. The summed E-state index contributed by atoms with van der Waals surface area (Å²) in [6.45, 7) is 0.860. The summed E-state index contributed by atoms with van der Waals surface area (Å²) in [4.78, 5) is 0. The van der Waals surface area contributed by atoms with Gasteiger partial charge in [0.05, 0.1) is 6.61 Å². The average molecular weight is 241 g/mol. The minimum atomic E-state index is 0.860. The molecule has 13 heavy (non-hydrogen) atoms. The van der Waals surface area contributed by atoms with Gasteiger partial charge in [0.2, 0.25) is 0 Å². The van der Waals surface area contributed by atoms with Crippen molar-refractivity contribution in [2.75, 3.05) is 11.9 Å². The molecule has 70 valence electrons. The Hall–Kier alpha value is -0.500. The third-order valence-corrected chi connectivity index (χ3v) is 2.84. The minimum absolute atomic E-state index is 0.860. The van der Waals surface area contributed by atoms with Gasteiger partial charge in [-0.3, -0.25) is 0 Å². The number of rotatable bonds is 2. The zero-order chi connectivity index (χ0) is 9.10. The van der Waals surface area contributed by atoms with Crippen LogP contribution in [0.5, 0.6) is 0 Å². The topological polar surface area (TPSA) is 9.23 Å². The van der Waals surface area contributed by atoms with Gasteiger partial charge in [0, 0.05) is 11.8 Å². The number of alkyl halides is 1. The maximum atomic E-state index is 5.50. The van der Waals surface area contributed by atoms with Crippen LogP contribution >= 0.6 is 15.9 Å². The maximum Gasteiger partial charge on any atom is 0.122 e. The highest BCUT2D eigenvalue weighted by atomic mass is 79.9. The number of halogens is 1. The highest BCUT2D eigenvalue weighted by Crippen LogP contribution is 2.28. The molecule has 1 aliphatic carbocycles. The number of allylic oxidation sites excluding steroid dienone is 5. The molecule has 1 fully saturated rings. The molecule has 0 N–H and O–H groups in total. The third-order valence-electron chi connectivity index (χ3n) is 2.44. The van der Waals surface area contributed by atoms with E-state index in [0.717, 1.165) is 37.0 Å². The van der Waals surface area contributed by atoms with Gasteiger partial charge in [0.15, 0.2) is 0 Å². The molecule has 1 aliphatic heterocycles. The summed E-state index contributed by atoms with van der Waals surface area (Å²) in [7, 11) is 0. The predicted octanol–water partition coefficient (Wildman–Crippen LogP) is 3.33. The van der Waals surface area contributed by atoms with E-state index in [9.17, 15) is 0 Å². The van der Waals surface area contributed by atoms with Gasteiger partial charge in [0.25, 0.3) is 0 Å². The lowest BCUT2D eigenvalue weighted by atomic mass is 10.1. The van der Waals surface area contributed by atoms with Crippen molar-refractivity contribution in [3.05, 3.63) is 35.1 Å². The fourth-order valence-electron chi connectivity index (χ4n) is 1.67. The molecule has 0 radical (unpaired) electrons. The summed E-state index contributed by atoms with van der Waals surface area (Å²) in [6, 6.07) is 0. The van der Waals surface area contributed by atoms with Crippen LogP contribution in [-0.2, 0) is 4.74 Å². The molecule has 2 aliphatic rings. The fourth-order valence-corrected chi connectivity index (χ4v) is 2.18. The Labute approximate surface area is 87.3 Å². The van der Waals surface area contributed by atoms with Gasteiger partial charge in [-0.1, -0.05) is 33.7 Å². The molecule has 0 bridgehead atoms. The van der Waals surface area contributed by atoms with Crippen LogP contribution in [0, 0.1) is 0 Å². The second-order valence-electron chi connectivity index (χ2n) is 3.33. The first-order valence-corrected chi connectivity index (χ1v) is 5.80. The lowest BCUT2D eigenvalue weighted by molar-refractivity contribution is 0.266. The van der Waals surface area contributed by atoms with E-state index in [1.165, 1.54) is 11.1 Å². The monoisotopic (exact) mass is 240 g/mol. The number of hydrogen-bond acceptors (Lipinski definition) is 1. The zero-order valence-corrected chi connectivity index (χ0v) is 9.14. The quantitative estimate of drug-likeness (QED) is 0.674. The summed E-state index contributed by atoms with van der Waals surface area (Å²) < 4.78 is 5.50. The minimum Gasteiger partial charge on any atom is -0.493 e. The van der Waals surface area contributed by atoms with Crippen molar-refractivity contribution in [1.82, 2.24) is 0 Å². The van der Waals surface area contributed by atoms with Crippen LogP contribution in [0.2, 0.25) is 0 Å². The SMILES string of the molecule is BrCCC1=CC=C2OCCC2=CC1. The summed E-state index contributed by atoms with van der Waals surface area (Å²) >= 11 is 3.46. The van der Waals surface area contributed by atoms with Gasteiger partial charge in [0.1, 0.15) is 5.76 Å². The highest BCUT2D eigenvalue weighted by Gasteiger charge is 2.15. The first-order valence-electron chi connectivity index (χ1n) is 4.68. The van der Waals surface area contributed by atoms with Crippen LogP contribution in [0.3, 0.4) is 0 Å². The number of fused-ring (bicyclic) bond motifs is 1. The Morgan fingerprint density at radius 2 is 2.31 bits per heavy atom. The standard InChI is InChI=1S/C11H13BrO/c12-7-5-9-1-3-10-6-8-13-11(10)4-2-9/h2-4H,1,5-8H2. The van der Waals surface area contributed by atoms with E-state index in [4.69, 9.17) is 4.74 Å². The summed E-state index contributed by atoms with van der Waals surface area (Å²) in [6.07, 6.45) is 9.93. The first kappa shape index (κ1) is 9.07. The van der Waals surface area contributed by atoms with E-state index in [2.05, 4.69) is 34.2 Å². The molecule has 0 atom stereocenters. The summed E-state index contributed by atoms with van der Waals surface area (Å²) in [5.74, 6) is 1.09. The second-order valence-corrected chi connectivity index (χ2v) is 4.12. The van der Waals surface area contributed by atoms with Crippen LogP contribution in [0.1, 0.15) is 19.3 Å². The van der Waals surface area contributed by atoms with Crippen molar-refractivity contribution in [3.63, 3.8) is 0 Å². The third kappa shape index (κ3) is 2.05. The Bertz CT molecular complexity index is 286. The zero-order valence-electron chi connectivity index (χ0n) is 7.55. The molecule has 1 nitrogen and oxygen atoms in total. The Balaban J connectivity index is 2.15. The molecule has 0 amide bonds. The smallest absolute Gasteiger partial charge is 0.122 e. The molecular weight excluding hydrogens is 228 g/mol. The van der Waals surface area contributed by atoms with Crippen LogP contribution in [0.4, 0.5) is 0 Å². The van der Waals surface area contributed by atoms with Crippen molar-refractivity contribution < 1.29 is 4.74 Å². The van der Waals surface area contributed by atoms with Gasteiger partial charge in [-0.15, -0.1) is 0 Å². The molecule has 1 heterocycles. The molecule has 0 aromatic rings. The van der Waals surface area contributed by atoms with Gasteiger partial charge in [-0.05, 0) is 24.5 Å². The Kier molecular flexibility index (Phi) is 2.89. The Morgan fingerprint density at radius 3 is 3.15 bits per heavy atom. The van der Waals surface area contributed by atoms with E-state index in [1.807, 2.05) is 0 Å². The molecule has 0 aromatic carbocycles. The summed E-state index contributed by atoms with van der Waals surface area (Å²) in [5, 5.41) is 1.05. The van der Waals surface area contributed by atoms with Gasteiger partial charge >= 0.3 is 0 Å². The van der Waals surface area contributed by atoms with Crippen molar-refractivity contribution in [2.24, 2.45) is 0 Å². The molecule has 0 saturated carbocycles. The highest BCUT2D eigenvalue weighted by molar-refractivity contribution is 9.09. The van der Waals surface area contributed by atoms with Gasteiger partial charge in [-0.25, -0.2) is 0 Å². The molecular formula is C11H13BrO. The van der Waals surface area contributed by atoms with Crippen LogP contribution in [0.15, 0.2) is 35.1 Å². The molecule has 2 heteroatoms. The van der Waals surface area contributed by atoms with Crippen molar-refractivity contribution in [1.29, 1.82) is 0 Å². The second kappa shape index (κ2) is 4.14. The fraction of sp³-hybridized carbons (Fsp3) is 0.455. The van der Waals surface area contributed by atoms with E-state index in [0.29, 0.717) is 0 Å². The van der Waals surface area contributed by atoms with Gasteiger partial charge < -0.3 is 4.74 Å². The van der Waals surface area contributed by atoms with Crippen molar-refractivity contribution >= 4 is 15.9 Å². The Morgan fingerprint density at radius 1 is 1.38 bits per heavy atom. The van der Waals surface area contributed by atoms with E-state index in [-0.39, 0.29) is 0 Å². The maximum absolute atomic E-state index is 5.50. The normalized spacial score (nSPS) is 20.8. The van der Waals surface area contributed by atoms with E-state index >= 15 is 0 Å². The largest absolute Gasteiger partial charge is 0.493 e. The molecule has 0 aromatic heterocycles. The van der Waals surface area contributed by atoms with Crippen LogP contribution in [0.25, 0.3) is 0 Å². The summed E-state index contributed by atoms with van der Waals surface area (Å²) in [5.41, 5.74) is 2.87. The first-order chi connectivity index (χ1) is 6.40. The number of hydrogen-bond donors (Lipinski definition) is 0. The van der Waals surface area contributed by atoms with Crippen molar-refractivity contribution in [2.45, 2.75) is 19.3 Å². The molecule has 0 unspecified atom stereocenters. The lowest BCUT2D eigenvalue weighted by Crippen LogP contribution is -1.82. The van der Waals surface area contributed by atoms with Crippen LogP contribution in [-0.4, -0.2) is 11.9 Å². The average Bonchev–Trinajstić information content (AvgIpc) is 2.50. The number of ether oxygens (including phenoxy) is 1. The van der Waals surface area contributed by atoms with E-state index < -0.39 is 0 Å². The van der Waals surface area contributed by atoms with E-state index in [1.54, 1.807) is 0 Å². The van der Waals surface area contributed by atoms with Gasteiger partial charge in [-0.2, -0.15) is 0 Å². The van der Waals surface area contributed by atoms with Crippen molar-refractivity contribution in [3.8, 4) is 0 Å². The molecule has 2 rings (SSSR count). The molecule has 0 spiro atoms. The van der Waals surface area contributed by atoms with Crippen LogP contribution < -0.4 is 0 Å². The predicted molar refractivity (Wildman–Crippen MR) is 57.8 cm³/mol.